The van der Waals surface area contributed by atoms with Crippen molar-refractivity contribution in [2.24, 2.45) is 23.2 Å². The van der Waals surface area contributed by atoms with E-state index in [4.69, 9.17) is 9.16 Å². The Morgan fingerprint density at radius 3 is 2.13 bits per heavy atom. The van der Waals surface area contributed by atoms with Crippen molar-refractivity contribution >= 4 is 20.3 Å². The Morgan fingerprint density at radius 1 is 1.05 bits per heavy atom. The fourth-order valence-corrected chi connectivity index (χ4v) is 12.0. The van der Waals surface area contributed by atoms with Crippen LogP contribution in [0.15, 0.2) is 0 Å². The molecule has 6 atom stereocenters. The van der Waals surface area contributed by atoms with Gasteiger partial charge in [-0.15, -0.1) is 0 Å². The normalized spacial score (nSPS) is 37.1. The Labute approximate surface area is 231 Å². The summed E-state index contributed by atoms with van der Waals surface area (Å²) in [6.45, 7) is 16.5. The van der Waals surface area contributed by atoms with E-state index >= 15 is 0 Å². The van der Waals surface area contributed by atoms with Crippen molar-refractivity contribution in [1.82, 2.24) is 10.2 Å². The van der Waals surface area contributed by atoms with Gasteiger partial charge in [0, 0.05) is 11.5 Å². The summed E-state index contributed by atoms with van der Waals surface area (Å²) in [6.07, 6.45) is 6.13. The molecule has 0 aromatic carbocycles. The molecule has 5 rings (SSSR count). The lowest BCUT2D eigenvalue weighted by atomic mass is 9.46. The first-order valence-electron chi connectivity index (χ1n) is 15.2. The van der Waals surface area contributed by atoms with Crippen LogP contribution in [0.4, 0.5) is 4.79 Å². The van der Waals surface area contributed by atoms with E-state index in [1.165, 1.54) is 6.42 Å². The summed E-state index contributed by atoms with van der Waals surface area (Å²) < 4.78 is 13.0. The predicted molar refractivity (Wildman–Crippen MR) is 151 cm³/mol. The van der Waals surface area contributed by atoms with Gasteiger partial charge in [0.15, 0.2) is 8.32 Å². The second-order valence-corrected chi connectivity index (χ2v) is 19.0. The van der Waals surface area contributed by atoms with Gasteiger partial charge in [-0.1, -0.05) is 27.7 Å². The number of nitrogens with one attached hydrogen (secondary N) is 1. The van der Waals surface area contributed by atoms with Crippen molar-refractivity contribution in [3.05, 3.63) is 0 Å². The van der Waals surface area contributed by atoms with E-state index in [-0.39, 0.29) is 28.9 Å². The molecule has 214 valence electrons. The number of amides is 2. The third-order valence-corrected chi connectivity index (χ3v) is 15.3. The molecule has 8 heteroatoms. The van der Waals surface area contributed by atoms with Crippen molar-refractivity contribution in [3.63, 3.8) is 0 Å². The molecule has 0 radical (unpaired) electrons. The highest BCUT2D eigenvalue weighted by Crippen LogP contribution is 2.65. The zero-order chi connectivity index (χ0) is 28.1. The lowest BCUT2D eigenvalue weighted by Gasteiger charge is -2.65. The van der Waals surface area contributed by atoms with Crippen molar-refractivity contribution in [3.8, 4) is 6.07 Å². The summed E-state index contributed by atoms with van der Waals surface area (Å²) in [6, 6.07) is 4.48. The van der Waals surface area contributed by atoms with Gasteiger partial charge < -0.3 is 19.4 Å². The smallest absolute Gasteiger partial charge is 0.408 e. The highest BCUT2D eigenvalue weighted by molar-refractivity contribution is 6.73. The molecule has 5 aliphatic rings. The fourth-order valence-electron chi connectivity index (χ4n) is 8.87. The molecule has 1 heterocycles. The highest BCUT2D eigenvalue weighted by Gasteiger charge is 2.64. The number of alkyl carbamates (subject to hydrolysis) is 1. The van der Waals surface area contributed by atoms with Crippen molar-refractivity contribution in [1.29, 1.82) is 5.26 Å². The van der Waals surface area contributed by atoms with Gasteiger partial charge in [-0.25, -0.2) is 4.79 Å². The summed E-state index contributed by atoms with van der Waals surface area (Å²) in [4.78, 5) is 29.5. The van der Waals surface area contributed by atoms with E-state index < -0.39 is 32.1 Å². The summed E-state index contributed by atoms with van der Waals surface area (Å²) in [5.74, 6) is 1.14. The van der Waals surface area contributed by atoms with E-state index in [1.807, 2.05) is 27.7 Å². The van der Waals surface area contributed by atoms with Gasteiger partial charge in [-0.05, 0) is 109 Å². The van der Waals surface area contributed by atoms with E-state index in [1.54, 1.807) is 4.90 Å². The maximum atomic E-state index is 14.5. The molecule has 4 saturated carbocycles. The molecule has 1 aliphatic heterocycles. The number of nitriles is 1. The molecule has 0 spiro atoms. The van der Waals surface area contributed by atoms with Crippen LogP contribution in [0, 0.1) is 34.5 Å². The molecule has 7 nitrogen and oxygen atoms in total. The van der Waals surface area contributed by atoms with Gasteiger partial charge in [0.2, 0.25) is 5.91 Å². The predicted octanol–water partition coefficient (Wildman–Crippen LogP) is 6.39. The lowest BCUT2D eigenvalue weighted by molar-refractivity contribution is -0.175. The second-order valence-electron chi connectivity index (χ2n) is 14.3. The summed E-state index contributed by atoms with van der Waals surface area (Å²) in [7, 11) is -1.87. The van der Waals surface area contributed by atoms with Crippen molar-refractivity contribution in [2.75, 3.05) is 0 Å². The molecular formula is C30H51N3O4Si. The molecular weight excluding hydrogens is 494 g/mol. The summed E-state index contributed by atoms with van der Waals surface area (Å²) in [5, 5.41) is 13.1. The molecule has 4 aliphatic carbocycles. The van der Waals surface area contributed by atoms with Crippen molar-refractivity contribution in [2.45, 2.75) is 148 Å². The molecule has 1 N–H and O–H groups in total. The zero-order valence-electron chi connectivity index (χ0n) is 25.1. The Morgan fingerprint density at radius 2 is 1.63 bits per heavy atom. The van der Waals surface area contributed by atoms with Gasteiger partial charge >= 0.3 is 6.09 Å². The molecule has 1 saturated heterocycles. The van der Waals surface area contributed by atoms with E-state index in [2.05, 4.69) is 39.1 Å². The Hall–Kier alpha value is -1.59. The largest absolute Gasteiger partial charge is 0.444 e. The van der Waals surface area contributed by atoms with Crippen LogP contribution in [0.25, 0.3) is 0 Å². The van der Waals surface area contributed by atoms with Gasteiger partial charge in [0.1, 0.15) is 17.7 Å². The van der Waals surface area contributed by atoms with Gasteiger partial charge in [0.25, 0.3) is 0 Å². The standard InChI is InChI=1S/C30H51N3O4Si/c1-9-38(10-2,11-3)37-30-16-22-13-23(17-30)15-29(14-22,19-30)25(32-27(35)36-28(6,7)8)26(34)33-21(5)20(4)12-24(33)18-31/h20-25H,9-17,19H2,1-8H3,(H,32,35)/t20-,21?,22?,23?,24-,25+,29?,30?/m0/s1. The first-order valence-corrected chi connectivity index (χ1v) is 17.7. The Balaban J connectivity index is 1.72. The summed E-state index contributed by atoms with van der Waals surface area (Å²) in [5.41, 5.74) is -1.24. The first kappa shape index (κ1) is 29.4. The first-order chi connectivity index (χ1) is 17.7. The van der Waals surface area contributed by atoms with Crippen molar-refractivity contribution < 1.29 is 18.8 Å². The fraction of sp³-hybridized carbons (Fsp3) is 0.900. The maximum absolute atomic E-state index is 14.5. The van der Waals surface area contributed by atoms with E-state index in [9.17, 15) is 14.9 Å². The zero-order valence-corrected chi connectivity index (χ0v) is 26.1. The van der Waals surface area contributed by atoms with Crippen LogP contribution < -0.4 is 5.32 Å². The monoisotopic (exact) mass is 545 g/mol. The number of carbonyl (C=O) groups excluding carboxylic acids is 2. The molecule has 0 aromatic rings. The molecule has 2 amide bonds. The van der Waals surface area contributed by atoms with Crippen LogP contribution in [0.5, 0.6) is 0 Å². The van der Waals surface area contributed by atoms with Crippen LogP contribution in [-0.4, -0.2) is 54.5 Å². The Bertz CT molecular complexity index is 930. The number of ether oxygens (including phenoxy) is 1. The maximum Gasteiger partial charge on any atom is 0.408 e. The third kappa shape index (κ3) is 5.39. The Kier molecular flexibility index (Phi) is 8.06. The van der Waals surface area contributed by atoms with Gasteiger partial charge in [-0.2, -0.15) is 5.26 Å². The van der Waals surface area contributed by atoms with Gasteiger partial charge in [-0.3, -0.25) is 4.79 Å². The number of hydrogen-bond donors (Lipinski definition) is 1. The van der Waals surface area contributed by atoms with Crippen LogP contribution >= 0.6 is 0 Å². The summed E-state index contributed by atoms with van der Waals surface area (Å²) >= 11 is 0. The van der Waals surface area contributed by atoms with Gasteiger partial charge in [0.05, 0.1) is 11.7 Å². The van der Waals surface area contributed by atoms with E-state index in [0.29, 0.717) is 18.3 Å². The number of likely N-dealkylation sites (tertiary alicyclic amines) is 1. The molecule has 3 unspecified atom stereocenters. The number of carbonyl (C=O) groups is 2. The number of hydrogen-bond acceptors (Lipinski definition) is 5. The van der Waals surface area contributed by atoms with Crippen LogP contribution in [0.1, 0.15) is 100 Å². The SMILES string of the molecule is CC[Si](CC)(CC)OC12CC3CC(C1)CC([C@H](NC(=O)OC(C)(C)C)C(=O)N1C(C)[C@@H](C)C[C@H]1C#N)(C3)C2. The van der Waals surface area contributed by atoms with E-state index in [0.717, 1.165) is 50.2 Å². The average molecular weight is 546 g/mol. The molecule has 38 heavy (non-hydrogen) atoms. The number of nitrogens with zero attached hydrogens (tertiary/aromatic N) is 2. The third-order valence-electron chi connectivity index (χ3n) is 10.5. The molecule has 5 fully saturated rings. The molecule has 4 bridgehead atoms. The average Bonchev–Trinajstić information content (AvgIpc) is 3.12. The van der Waals surface area contributed by atoms with Crippen LogP contribution in [0.2, 0.25) is 18.1 Å². The second kappa shape index (κ2) is 10.4. The topological polar surface area (TPSA) is 91.7 Å². The quantitative estimate of drug-likeness (QED) is 0.357. The minimum absolute atomic E-state index is 0.0467. The highest BCUT2D eigenvalue weighted by atomic mass is 28.4. The molecule has 0 aromatic heterocycles. The number of rotatable bonds is 8. The minimum Gasteiger partial charge on any atom is -0.444 e. The lowest BCUT2D eigenvalue weighted by Crippen LogP contribution is -2.68. The van der Waals surface area contributed by atoms with Crippen LogP contribution in [0.3, 0.4) is 0 Å². The van der Waals surface area contributed by atoms with Crippen LogP contribution in [-0.2, 0) is 14.0 Å². The minimum atomic E-state index is -1.87.